The van der Waals surface area contributed by atoms with Gasteiger partial charge >= 0.3 is 0 Å². The normalized spacial score (nSPS) is 23.2. The van der Waals surface area contributed by atoms with Gasteiger partial charge in [-0.2, -0.15) is 5.10 Å². The number of amides is 2. The van der Waals surface area contributed by atoms with Crippen molar-refractivity contribution in [2.24, 2.45) is 17.4 Å². The van der Waals surface area contributed by atoms with Gasteiger partial charge in [0, 0.05) is 61.7 Å². The molecule has 0 radical (unpaired) electrons. The highest BCUT2D eigenvalue weighted by Gasteiger charge is 2.37. The summed E-state index contributed by atoms with van der Waals surface area (Å²) in [4.78, 5) is 35.2. The Morgan fingerprint density at radius 1 is 1.09 bits per heavy atom. The van der Waals surface area contributed by atoms with E-state index in [9.17, 15) is 18.4 Å². The van der Waals surface area contributed by atoms with E-state index in [2.05, 4.69) is 4.90 Å². The Morgan fingerprint density at radius 3 is 2.64 bits per heavy atom. The van der Waals surface area contributed by atoms with Crippen LogP contribution in [0, 0.1) is 17.6 Å². The maximum absolute atomic E-state index is 14.5. The number of likely N-dealkylation sites (tertiary alicyclic amines) is 1. The van der Waals surface area contributed by atoms with Crippen molar-refractivity contribution in [3.8, 4) is 10.6 Å². The molecule has 2 fully saturated rings. The van der Waals surface area contributed by atoms with E-state index < -0.39 is 23.8 Å². The molecule has 1 aromatic carbocycles. The summed E-state index contributed by atoms with van der Waals surface area (Å²) in [5, 5.41) is 6.92. The summed E-state index contributed by atoms with van der Waals surface area (Å²) < 4.78 is 36.2. The van der Waals surface area contributed by atoms with Gasteiger partial charge in [0.1, 0.15) is 23.4 Å². The zero-order chi connectivity index (χ0) is 30.5. The molecule has 0 spiro atoms. The van der Waals surface area contributed by atoms with Gasteiger partial charge in [-0.3, -0.25) is 14.5 Å². The molecule has 0 saturated carbocycles. The Labute approximate surface area is 256 Å². The van der Waals surface area contributed by atoms with E-state index in [1.807, 2.05) is 22.0 Å². The lowest BCUT2D eigenvalue weighted by Crippen LogP contribution is -2.50. The number of primary amides is 1. The number of carbonyl (C=O) groups is 2. The number of fused-ring (bicyclic) bond motifs is 3. The van der Waals surface area contributed by atoms with Crippen molar-refractivity contribution < 1.29 is 23.1 Å². The quantitative estimate of drug-likeness (QED) is 0.350. The van der Waals surface area contributed by atoms with Crippen molar-refractivity contribution in [3.63, 3.8) is 0 Å². The molecule has 3 atom stereocenters. The number of hydrogen-bond acceptors (Lipinski definition) is 8. The van der Waals surface area contributed by atoms with Gasteiger partial charge in [-0.25, -0.2) is 18.3 Å². The topological polar surface area (TPSA) is 132 Å². The molecule has 13 heteroatoms. The second kappa shape index (κ2) is 11.6. The van der Waals surface area contributed by atoms with E-state index in [0.717, 1.165) is 46.6 Å². The minimum atomic E-state index is -0.726. The van der Waals surface area contributed by atoms with Crippen LogP contribution in [0.5, 0.6) is 0 Å². The predicted octanol–water partition coefficient (Wildman–Crippen LogP) is 3.29. The SMILES string of the molecule is NC(=O)C1CCN(C(=O)c2cc(-c3cccs3)n3nc4c(c3n2)CN([C@H]2CO[C@H](c3cc(F)ccc3F)[C@@H](N)C2)CC4)CC1. The summed E-state index contributed by atoms with van der Waals surface area (Å²) in [6.45, 7) is 2.48. The molecule has 3 aliphatic heterocycles. The van der Waals surface area contributed by atoms with Crippen molar-refractivity contribution >= 4 is 28.8 Å². The van der Waals surface area contributed by atoms with E-state index in [1.165, 1.54) is 0 Å². The van der Waals surface area contributed by atoms with Gasteiger partial charge in [0.2, 0.25) is 5.91 Å². The number of nitrogens with zero attached hydrogens (tertiary/aromatic N) is 5. The Bertz CT molecular complexity index is 1720. The summed E-state index contributed by atoms with van der Waals surface area (Å²) in [5.41, 5.74) is 15.8. The molecule has 2 amide bonds. The average Bonchev–Trinajstić information content (AvgIpc) is 3.70. The zero-order valence-corrected chi connectivity index (χ0v) is 24.8. The Balaban J connectivity index is 1.16. The van der Waals surface area contributed by atoms with Crippen LogP contribution in [0.4, 0.5) is 8.78 Å². The molecule has 10 nitrogen and oxygen atoms in total. The third kappa shape index (κ3) is 5.27. The smallest absolute Gasteiger partial charge is 0.272 e. The molecule has 0 bridgehead atoms. The summed E-state index contributed by atoms with van der Waals surface area (Å²) in [6, 6.07) is 8.56. The molecule has 0 aliphatic carbocycles. The van der Waals surface area contributed by atoms with Gasteiger partial charge < -0.3 is 21.1 Å². The molecule has 3 aromatic heterocycles. The highest BCUT2D eigenvalue weighted by molar-refractivity contribution is 7.13. The largest absolute Gasteiger partial charge is 0.370 e. The lowest BCUT2D eigenvalue weighted by atomic mass is 9.92. The maximum Gasteiger partial charge on any atom is 0.272 e. The van der Waals surface area contributed by atoms with E-state index in [-0.39, 0.29) is 29.3 Å². The summed E-state index contributed by atoms with van der Waals surface area (Å²) in [5.74, 6) is -1.79. The minimum Gasteiger partial charge on any atom is -0.370 e. The summed E-state index contributed by atoms with van der Waals surface area (Å²) >= 11 is 1.56. The third-order valence-corrected chi connectivity index (χ3v) is 10.0. The van der Waals surface area contributed by atoms with Crippen LogP contribution >= 0.6 is 11.3 Å². The van der Waals surface area contributed by atoms with Crippen molar-refractivity contribution in [2.45, 2.75) is 50.4 Å². The van der Waals surface area contributed by atoms with Crippen LogP contribution in [0.15, 0.2) is 41.8 Å². The fraction of sp³-hybridized carbons (Fsp3) is 0.419. The Hall–Kier alpha value is -3.78. The standard InChI is InChI=1S/C31H33F2N7O3S/c32-18-3-4-22(33)20(12-18)28-23(34)13-19(16-43-28)39-10-7-24-21(15-39)30-36-25(14-26(40(30)37-24)27-2-1-11-44-27)31(42)38-8-5-17(6-9-38)29(35)41/h1-4,11-12,14,17,19,23,28H,5-10,13,15-16,34H2,(H2,35,41)/t19-,23+,28-/m1/s1. The van der Waals surface area contributed by atoms with Gasteiger partial charge in [-0.15, -0.1) is 11.3 Å². The first-order valence-corrected chi connectivity index (χ1v) is 15.7. The van der Waals surface area contributed by atoms with Crippen molar-refractivity contribution in [1.29, 1.82) is 0 Å². The first kappa shape index (κ1) is 29.0. The molecule has 3 aliphatic rings. The highest BCUT2D eigenvalue weighted by atomic mass is 32.1. The molecule has 4 aromatic rings. The second-order valence-electron chi connectivity index (χ2n) is 11.8. The van der Waals surface area contributed by atoms with Crippen molar-refractivity contribution in [1.82, 2.24) is 24.4 Å². The zero-order valence-electron chi connectivity index (χ0n) is 24.0. The molecule has 4 N–H and O–H groups in total. The number of halogens is 2. The minimum absolute atomic E-state index is 0.0332. The monoisotopic (exact) mass is 621 g/mol. The number of thiophene rings is 1. The number of rotatable bonds is 5. The van der Waals surface area contributed by atoms with Gasteiger partial charge in [0.25, 0.3) is 5.91 Å². The van der Waals surface area contributed by atoms with Crippen molar-refractivity contribution in [2.75, 3.05) is 26.2 Å². The lowest BCUT2D eigenvalue weighted by Gasteiger charge is -2.41. The molecule has 6 heterocycles. The number of carbonyl (C=O) groups excluding carboxylic acids is 2. The van der Waals surface area contributed by atoms with E-state index in [0.29, 0.717) is 63.3 Å². The Kier molecular flexibility index (Phi) is 7.65. The summed E-state index contributed by atoms with van der Waals surface area (Å²) in [7, 11) is 0. The van der Waals surface area contributed by atoms with Gasteiger partial charge in [-0.05, 0) is 55.0 Å². The number of ether oxygens (including phenoxy) is 1. The Morgan fingerprint density at radius 2 is 1.91 bits per heavy atom. The van der Waals surface area contributed by atoms with Crippen LogP contribution in [0.3, 0.4) is 0 Å². The van der Waals surface area contributed by atoms with Crippen LogP contribution in [0.25, 0.3) is 16.2 Å². The van der Waals surface area contributed by atoms with Crippen LogP contribution in [-0.4, -0.2) is 74.5 Å². The van der Waals surface area contributed by atoms with Crippen LogP contribution in [0.1, 0.15) is 52.7 Å². The predicted molar refractivity (Wildman–Crippen MR) is 160 cm³/mol. The van der Waals surface area contributed by atoms with E-state index in [4.69, 9.17) is 26.3 Å². The summed E-state index contributed by atoms with van der Waals surface area (Å²) in [6.07, 6.45) is 1.58. The first-order valence-electron chi connectivity index (χ1n) is 14.9. The molecule has 0 unspecified atom stereocenters. The molecular formula is C31H33F2N7O3S. The average molecular weight is 622 g/mol. The second-order valence-corrected chi connectivity index (χ2v) is 12.8. The van der Waals surface area contributed by atoms with Crippen LogP contribution in [-0.2, 0) is 22.5 Å². The maximum atomic E-state index is 14.5. The van der Waals surface area contributed by atoms with Crippen LogP contribution < -0.4 is 11.5 Å². The number of aromatic nitrogens is 3. The fourth-order valence-electron chi connectivity index (χ4n) is 6.70. The number of piperidine rings is 1. The highest BCUT2D eigenvalue weighted by Crippen LogP contribution is 2.35. The van der Waals surface area contributed by atoms with Gasteiger partial charge in [0.15, 0.2) is 5.65 Å². The van der Waals surface area contributed by atoms with Gasteiger partial charge in [-0.1, -0.05) is 6.07 Å². The van der Waals surface area contributed by atoms with Gasteiger partial charge in [0.05, 0.1) is 22.9 Å². The fourth-order valence-corrected chi connectivity index (χ4v) is 7.43. The molecule has 2 saturated heterocycles. The molecule has 230 valence electrons. The number of hydrogen-bond donors (Lipinski definition) is 2. The molecule has 44 heavy (non-hydrogen) atoms. The van der Waals surface area contributed by atoms with Crippen LogP contribution in [0.2, 0.25) is 0 Å². The van der Waals surface area contributed by atoms with Crippen molar-refractivity contribution in [3.05, 3.63) is 75.9 Å². The lowest BCUT2D eigenvalue weighted by molar-refractivity contribution is -0.123. The number of nitrogens with two attached hydrogens (primary N) is 2. The first-order chi connectivity index (χ1) is 21.3. The number of benzene rings is 1. The molecule has 7 rings (SSSR count). The van der Waals surface area contributed by atoms with E-state index in [1.54, 1.807) is 22.3 Å². The third-order valence-electron chi connectivity index (χ3n) is 9.12. The van der Waals surface area contributed by atoms with E-state index >= 15 is 0 Å². The molecular weight excluding hydrogens is 588 g/mol.